The molecule has 12 heteroatoms. The fourth-order valence-corrected chi connectivity index (χ4v) is 5.67. The zero-order valence-corrected chi connectivity index (χ0v) is 23.2. The Kier molecular flexibility index (Phi) is 8.01. The zero-order valence-electron chi connectivity index (χ0n) is 21.6. The first-order valence-electron chi connectivity index (χ1n) is 12.1. The molecule has 0 saturated heterocycles. The van der Waals surface area contributed by atoms with Crippen molar-refractivity contribution >= 4 is 41.4 Å². The highest BCUT2D eigenvalue weighted by atomic mass is 35.5. The summed E-state index contributed by atoms with van der Waals surface area (Å²) >= 11 is 6.61. The van der Waals surface area contributed by atoms with E-state index in [-0.39, 0.29) is 50.3 Å². The lowest BCUT2D eigenvalue weighted by Gasteiger charge is -2.21. The van der Waals surface area contributed by atoms with Crippen LogP contribution in [0.5, 0.6) is 0 Å². The van der Waals surface area contributed by atoms with Gasteiger partial charge in [0.05, 0.1) is 39.6 Å². The minimum atomic E-state index is -4.66. The molecule has 8 nitrogen and oxygen atoms in total. The van der Waals surface area contributed by atoms with E-state index in [4.69, 9.17) is 11.6 Å². The highest BCUT2D eigenvalue weighted by molar-refractivity contribution is 7.60. The largest absolute Gasteiger partial charge is 0.375 e. The summed E-state index contributed by atoms with van der Waals surface area (Å²) in [6, 6.07) is 6.56. The summed E-state index contributed by atoms with van der Waals surface area (Å²) < 4.78 is 42.2. The Labute approximate surface area is 228 Å². The number of aryl methyl sites for hydroxylation is 1. The number of pyridine rings is 3. The molecule has 0 radical (unpaired) electrons. The number of anilines is 1. The van der Waals surface area contributed by atoms with Gasteiger partial charge < -0.3 is 15.1 Å². The van der Waals surface area contributed by atoms with Gasteiger partial charge in [0.15, 0.2) is 11.3 Å². The van der Waals surface area contributed by atoms with Crippen LogP contribution in [0, 0.1) is 29.9 Å². The molecule has 0 aliphatic carbocycles. The van der Waals surface area contributed by atoms with Crippen molar-refractivity contribution in [1.82, 2.24) is 15.0 Å². The molecule has 3 heterocycles. The normalized spacial score (nSPS) is 12.4. The van der Waals surface area contributed by atoms with Crippen LogP contribution in [0.2, 0.25) is 5.02 Å². The number of hydrogen-bond donors (Lipinski definition) is 3. The van der Waals surface area contributed by atoms with Gasteiger partial charge in [-0.1, -0.05) is 25.4 Å². The predicted octanol–water partition coefficient (Wildman–Crippen LogP) is 5.90. The van der Waals surface area contributed by atoms with E-state index in [1.807, 2.05) is 6.07 Å². The molecular weight excluding hydrogens is 547 g/mol. The van der Waals surface area contributed by atoms with Crippen molar-refractivity contribution in [3.63, 3.8) is 0 Å². The van der Waals surface area contributed by atoms with Crippen molar-refractivity contribution in [3.05, 3.63) is 75.1 Å². The van der Waals surface area contributed by atoms with E-state index in [1.165, 1.54) is 30.5 Å². The molecule has 1 aromatic carbocycles. The molecule has 3 aromatic heterocycles. The SMILES string of the molecule is CCc1c(-c2nc3c(N[C@H](C)c4cc(C#N)ccc4F)c(Cl)c(C)nc3cc2F)cnc(P(=O)(O)O)c1CC. The Morgan fingerprint density at radius 3 is 2.44 bits per heavy atom. The van der Waals surface area contributed by atoms with Gasteiger partial charge in [-0.3, -0.25) is 4.57 Å². The van der Waals surface area contributed by atoms with Crippen molar-refractivity contribution in [2.75, 3.05) is 5.32 Å². The van der Waals surface area contributed by atoms with E-state index >= 15 is 4.39 Å². The minimum absolute atomic E-state index is 0.0890. The molecule has 0 unspecified atom stereocenters. The molecule has 39 heavy (non-hydrogen) atoms. The first-order chi connectivity index (χ1) is 18.4. The molecule has 0 saturated carbocycles. The van der Waals surface area contributed by atoms with Crippen LogP contribution >= 0.6 is 19.2 Å². The standard InChI is InChI=1S/C27H25ClF2N5O3P/c1-5-16-17(6-2)27(39(36,37)38)32-12-19(16)24-21(30)10-22-25(35-24)26(23(28)14(4)33-22)34-13(3)18-9-15(11-31)7-8-20(18)29/h7-10,12-13H,5-6H2,1-4H3,(H,33,34)(H2,36,37,38)/t13-/m1/s1. The van der Waals surface area contributed by atoms with Crippen molar-refractivity contribution in [2.45, 2.75) is 46.6 Å². The Hall–Kier alpha value is -3.48. The van der Waals surface area contributed by atoms with Crippen LogP contribution in [-0.2, 0) is 17.4 Å². The molecule has 0 spiro atoms. The zero-order chi connectivity index (χ0) is 28.6. The molecule has 0 aliphatic rings. The summed E-state index contributed by atoms with van der Waals surface area (Å²) in [5.74, 6) is -1.22. The summed E-state index contributed by atoms with van der Waals surface area (Å²) in [4.78, 5) is 32.5. The number of nitriles is 1. The number of halogens is 3. The van der Waals surface area contributed by atoms with Crippen molar-refractivity contribution in [3.8, 4) is 17.3 Å². The van der Waals surface area contributed by atoms with E-state index in [0.717, 1.165) is 0 Å². The summed E-state index contributed by atoms with van der Waals surface area (Å²) in [5, 5.41) is 12.6. The van der Waals surface area contributed by atoms with Crippen molar-refractivity contribution in [2.24, 2.45) is 0 Å². The molecule has 0 bridgehead atoms. The summed E-state index contributed by atoms with van der Waals surface area (Å²) in [7, 11) is -4.66. The number of hydrogen-bond acceptors (Lipinski definition) is 6. The van der Waals surface area contributed by atoms with Crippen LogP contribution in [0.15, 0.2) is 30.5 Å². The van der Waals surface area contributed by atoms with Crippen LogP contribution in [-0.4, -0.2) is 24.7 Å². The second kappa shape index (κ2) is 10.9. The van der Waals surface area contributed by atoms with E-state index in [1.54, 1.807) is 27.7 Å². The molecule has 4 rings (SSSR count). The van der Waals surface area contributed by atoms with Crippen LogP contribution in [0.4, 0.5) is 14.5 Å². The predicted molar refractivity (Wildman–Crippen MR) is 146 cm³/mol. The molecule has 0 aliphatic heterocycles. The quantitative estimate of drug-likeness (QED) is 0.233. The molecular formula is C27H25ClF2N5O3P. The first-order valence-corrected chi connectivity index (χ1v) is 14.1. The van der Waals surface area contributed by atoms with E-state index in [0.29, 0.717) is 28.9 Å². The first kappa shape index (κ1) is 28.5. The summed E-state index contributed by atoms with van der Waals surface area (Å²) in [6.45, 7) is 6.86. The van der Waals surface area contributed by atoms with Crippen LogP contribution in [0.1, 0.15) is 54.8 Å². The Morgan fingerprint density at radius 1 is 1.13 bits per heavy atom. The third kappa shape index (κ3) is 5.36. The van der Waals surface area contributed by atoms with Gasteiger partial charge in [0.2, 0.25) is 0 Å². The third-order valence-electron chi connectivity index (χ3n) is 6.48. The van der Waals surface area contributed by atoms with Gasteiger partial charge in [-0.2, -0.15) is 5.26 Å². The molecule has 0 fully saturated rings. The van der Waals surface area contributed by atoms with Gasteiger partial charge in [0.25, 0.3) is 0 Å². The highest BCUT2D eigenvalue weighted by Gasteiger charge is 2.28. The van der Waals surface area contributed by atoms with E-state index in [2.05, 4.69) is 20.3 Å². The minimum Gasteiger partial charge on any atom is -0.375 e. The topological polar surface area (TPSA) is 132 Å². The maximum Gasteiger partial charge on any atom is 0.374 e. The van der Waals surface area contributed by atoms with Gasteiger partial charge in [0, 0.05) is 23.4 Å². The average molecular weight is 572 g/mol. The van der Waals surface area contributed by atoms with Crippen LogP contribution in [0.3, 0.4) is 0 Å². The highest BCUT2D eigenvalue weighted by Crippen LogP contribution is 2.39. The number of nitrogens with one attached hydrogen (secondary N) is 1. The Morgan fingerprint density at radius 2 is 1.82 bits per heavy atom. The Bertz CT molecular complexity index is 1700. The summed E-state index contributed by atoms with van der Waals surface area (Å²) in [5.41, 5.74) is 2.33. The average Bonchev–Trinajstić information content (AvgIpc) is 2.89. The van der Waals surface area contributed by atoms with Crippen LogP contribution < -0.4 is 10.8 Å². The van der Waals surface area contributed by atoms with Crippen molar-refractivity contribution < 1.29 is 23.1 Å². The molecule has 202 valence electrons. The monoisotopic (exact) mass is 571 g/mol. The molecule has 1 atom stereocenters. The molecule has 4 aromatic rings. The van der Waals surface area contributed by atoms with Crippen molar-refractivity contribution in [1.29, 1.82) is 5.26 Å². The number of rotatable bonds is 7. The number of nitrogens with zero attached hydrogens (tertiary/aromatic N) is 4. The third-order valence-corrected chi connectivity index (χ3v) is 7.88. The smallest absolute Gasteiger partial charge is 0.374 e. The fraction of sp³-hybridized carbons (Fsp3) is 0.259. The lowest BCUT2D eigenvalue weighted by Crippen LogP contribution is -2.18. The number of aromatic nitrogens is 3. The number of benzene rings is 1. The van der Waals surface area contributed by atoms with E-state index < -0.39 is 25.3 Å². The molecule has 0 amide bonds. The van der Waals surface area contributed by atoms with Gasteiger partial charge >= 0.3 is 7.60 Å². The second-order valence-corrected chi connectivity index (χ2v) is 10.9. The number of fused-ring (bicyclic) bond motifs is 1. The van der Waals surface area contributed by atoms with Gasteiger partial charge in [-0.15, -0.1) is 0 Å². The molecule has 3 N–H and O–H groups in total. The van der Waals surface area contributed by atoms with Crippen LogP contribution in [0.25, 0.3) is 22.3 Å². The van der Waals surface area contributed by atoms with Gasteiger partial charge in [0.1, 0.15) is 17.0 Å². The Balaban J connectivity index is 1.94. The van der Waals surface area contributed by atoms with E-state index in [9.17, 15) is 24.0 Å². The maximum atomic E-state index is 15.5. The fourth-order valence-electron chi connectivity index (χ4n) is 4.63. The van der Waals surface area contributed by atoms with Gasteiger partial charge in [-0.25, -0.2) is 23.7 Å². The summed E-state index contributed by atoms with van der Waals surface area (Å²) in [6.07, 6.45) is 1.83. The lowest BCUT2D eigenvalue weighted by atomic mass is 9.97. The van der Waals surface area contributed by atoms with Gasteiger partial charge in [-0.05, 0) is 56.0 Å². The maximum absolute atomic E-state index is 15.5. The lowest BCUT2D eigenvalue weighted by molar-refractivity contribution is 0.386. The second-order valence-electron chi connectivity index (χ2n) is 8.99.